The standard InChI is InChI=1S/C29H31N3O3/c30-29(34)27-20-32(21-31-27)19-26(33)11-6-10-25-9-4-5-12-28(25)35-18-17-22-13-15-24(16-14-22)23-7-2-1-3-8-23/h1-5,7-9,12-16,20-21,26,33H,6,10-11,17-19H2,(H2,30,34). The van der Waals surface area contributed by atoms with Gasteiger partial charge in [-0.3, -0.25) is 4.79 Å². The molecule has 0 aliphatic carbocycles. The number of imidazole rings is 1. The van der Waals surface area contributed by atoms with E-state index in [0.29, 0.717) is 19.6 Å². The smallest absolute Gasteiger partial charge is 0.268 e. The Labute approximate surface area is 206 Å². The van der Waals surface area contributed by atoms with Crippen LogP contribution in [0.15, 0.2) is 91.4 Å². The zero-order valence-corrected chi connectivity index (χ0v) is 19.7. The van der Waals surface area contributed by atoms with Crippen LogP contribution >= 0.6 is 0 Å². The maximum absolute atomic E-state index is 11.2. The Balaban J connectivity index is 1.23. The molecule has 0 aliphatic heterocycles. The van der Waals surface area contributed by atoms with Gasteiger partial charge in [0.15, 0.2) is 0 Å². The van der Waals surface area contributed by atoms with Crippen LogP contribution in [-0.4, -0.2) is 33.3 Å². The highest BCUT2D eigenvalue weighted by atomic mass is 16.5. The van der Waals surface area contributed by atoms with E-state index in [0.717, 1.165) is 30.6 Å². The summed E-state index contributed by atoms with van der Waals surface area (Å²) in [5.74, 6) is 0.322. The molecule has 6 heteroatoms. The summed E-state index contributed by atoms with van der Waals surface area (Å²) in [5.41, 5.74) is 10.2. The van der Waals surface area contributed by atoms with E-state index >= 15 is 0 Å². The summed E-state index contributed by atoms with van der Waals surface area (Å²) in [7, 11) is 0. The van der Waals surface area contributed by atoms with Gasteiger partial charge in [-0.05, 0) is 47.6 Å². The number of hydrogen-bond acceptors (Lipinski definition) is 4. The fourth-order valence-corrected chi connectivity index (χ4v) is 4.07. The lowest BCUT2D eigenvalue weighted by Gasteiger charge is -2.14. The summed E-state index contributed by atoms with van der Waals surface area (Å²) < 4.78 is 7.80. The van der Waals surface area contributed by atoms with Gasteiger partial charge in [-0.2, -0.15) is 0 Å². The van der Waals surface area contributed by atoms with Crippen LogP contribution in [0.3, 0.4) is 0 Å². The molecule has 1 aromatic heterocycles. The monoisotopic (exact) mass is 469 g/mol. The molecule has 35 heavy (non-hydrogen) atoms. The van der Waals surface area contributed by atoms with Crippen molar-refractivity contribution in [2.75, 3.05) is 6.61 Å². The van der Waals surface area contributed by atoms with E-state index in [1.807, 2.05) is 24.3 Å². The quantitative estimate of drug-likeness (QED) is 0.316. The van der Waals surface area contributed by atoms with Crippen LogP contribution in [0.5, 0.6) is 5.75 Å². The van der Waals surface area contributed by atoms with Crippen molar-refractivity contribution in [3.05, 3.63) is 108 Å². The van der Waals surface area contributed by atoms with E-state index in [1.54, 1.807) is 10.8 Å². The molecule has 0 radical (unpaired) electrons. The zero-order chi connectivity index (χ0) is 24.5. The van der Waals surface area contributed by atoms with Crippen LogP contribution in [0.1, 0.15) is 34.5 Å². The molecule has 180 valence electrons. The molecular formula is C29H31N3O3. The molecule has 6 nitrogen and oxygen atoms in total. The molecule has 0 bridgehead atoms. The second kappa shape index (κ2) is 12.0. The highest BCUT2D eigenvalue weighted by Crippen LogP contribution is 2.22. The van der Waals surface area contributed by atoms with Crippen molar-refractivity contribution in [3.8, 4) is 16.9 Å². The average Bonchev–Trinajstić information content (AvgIpc) is 3.35. The molecule has 4 rings (SSSR count). The number of benzene rings is 3. The number of amides is 1. The minimum Gasteiger partial charge on any atom is -0.493 e. The zero-order valence-electron chi connectivity index (χ0n) is 19.7. The number of aliphatic hydroxyl groups excluding tert-OH is 1. The summed E-state index contributed by atoms with van der Waals surface area (Å²) in [6.07, 6.45) is 5.64. The Kier molecular flexibility index (Phi) is 8.30. The van der Waals surface area contributed by atoms with Crippen molar-refractivity contribution in [2.45, 2.75) is 38.3 Å². The van der Waals surface area contributed by atoms with Crippen molar-refractivity contribution >= 4 is 5.91 Å². The molecular weight excluding hydrogens is 438 g/mol. The highest BCUT2D eigenvalue weighted by Gasteiger charge is 2.10. The van der Waals surface area contributed by atoms with E-state index in [1.165, 1.54) is 23.0 Å². The van der Waals surface area contributed by atoms with Gasteiger partial charge in [0.05, 0.1) is 19.0 Å². The number of carbonyl (C=O) groups excluding carboxylic acids is 1. The van der Waals surface area contributed by atoms with Crippen LogP contribution in [0, 0.1) is 0 Å². The first-order valence-electron chi connectivity index (χ1n) is 11.9. The fraction of sp³-hybridized carbons (Fsp3) is 0.241. The molecule has 3 N–H and O–H groups in total. The van der Waals surface area contributed by atoms with Crippen LogP contribution in [0.25, 0.3) is 11.1 Å². The minimum absolute atomic E-state index is 0.204. The van der Waals surface area contributed by atoms with E-state index in [2.05, 4.69) is 59.6 Å². The predicted molar refractivity (Wildman–Crippen MR) is 137 cm³/mol. The summed E-state index contributed by atoms with van der Waals surface area (Å²) in [5, 5.41) is 10.4. The van der Waals surface area contributed by atoms with Gasteiger partial charge in [0.25, 0.3) is 5.91 Å². The van der Waals surface area contributed by atoms with Gasteiger partial charge in [0, 0.05) is 19.2 Å². The normalized spacial score (nSPS) is 11.8. The number of aryl methyl sites for hydroxylation is 1. The first-order valence-corrected chi connectivity index (χ1v) is 11.9. The van der Waals surface area contributed by atoms with Gasteiger partial charge in [-0.1, -0.05) is 72.8 Å². The van der Waals surface area contributed by atoms with Crippen molar-refractivity contribution in [1.82, 2.24) is 9.55 Å². The van der Waals surface area contributed by atoms with E-state index < -0.39 is 12.0 Å². The lowest BCUT2D eigenvalue weighted by Crippen LogP contribution is -2.15. The Bertz CT molecular complexity index is 1220. The van der Waals surface area contributed by atoms with E-state index in [4.69, 9.17) is 10.5 Å². The second-order valence-electron chi connectivity index (χ2n) is 8.64. The van der Waals surface area contributed by atoms with Crippen molar-refractivity contribution in [2.24, 2.45) is 5.73 Å². The van der Waals surface area contributed by atoms with Crippen molar-refractivity contribution < 1.29 is 14.6 Å². The molecule has 0 aliphatic rings. The Morgan fingerprint density at radius 2 is 1.66 bits per heavy atom. The summed E-state index contributed by atoms with van der Waals surface area (Å²) in [6.45, 7) is 0.981. The van der Waals surface area contributed by atoms with Crippen molar-refractivity contribution in [3.63, 3.8) is 0 Å². The number of aromatic nitrogens is 2. The second-order valence-corrected chi connectivity index (χ2v) is 8.64. The van der Waals surface area contributed by atoms with Crippen LogP contribution in [0.2, 0.25) is 0 Å². The fourth-order valence-electron chi connectivity index (χ4n) is 4.07. The molecule has 3 aromatic carbocycles. The van der Waals surface area contributed by atoms with Gasteiger partial charge < -0.3 is 20.1 Å². The van der Waals surface area contributed by atoms with Crippen LogP contribution in [-0.2, 0) is 19.4 Å². The Hall–Kier alpha value is -3.90. The van der Waals surface area contributed by atoms with E-state index in [9.17, 15) is 9.90 Å². The van der Waals surface area contributed by atoms with Gasteiger partial charge in [0.2, 0.25) is 0 Å². The molecule has 0 saturated heterocycles. The number of nitrogens with zero attached hydrogens (tertiary/aromatic N) is 2. The Morgan fingerprint density at radius 3 is 2.40 bits per heavy atom. The van der Waals surface area contributed by atoms with Crippen molar-refractivity contribution in [1.29, 1.82) is 0 Å². The molecule has 1 atom stereocenters. The molecule has 0 spiro atoms. The minimum atomic E-state index is -0.570. The third-order valence-corrected chi connectivity index (χ3v) is 5.97. The number of aliphatic hydroxyl groups is 1. The lowest BCUT2D eigenvalue weighted by atomic mass is 10.0. The third kappa shape index (κ3) is 7.04. The third-order valence-electron chi connectivity index (χ3n) is 5.97. The highest BCUT2D eigenvalue weighted by molar-refractivity contribution is 5.90. The maximum atomic E-state index is 11.2. The molecule has 1 heterocycles. The molecule has 1 amide bonds. The summed E-state index contributed by atoms with van der Waals surface area (Å²) in [6, 6.07) is 27.1. The lowest BCUT2D eigenvalue weighted by molar-refractivity contribution is 0.0995. The number of nitrogens with two attached hydrogens (primary N) is 1. The summed E-state index contributed by atoms with van der Waals surface area (Å²) in [4.78, 5) is 15.1. The van der Waals surface area contributed by atoms with E-state index in [-0.39, 0.29) is 5.69 Å². The SMILES string of the molecule is NC(=O)c1cn(CC(O)CCCc2ccccc2OCCc2ccc(-c3ccccc3)cc2)cn1. The number of ether oxygens (including phenoxy) is 1. The molecule has 4 aromatic rings. The number of carbonyl (C=O) groups is 1. The number of rotatable bonds is 12. The molecule has 0 fully saturated rings. The molecule has 1 unspecified atom stereocenters. The average molecular weight is 470 g/mol. The van der Waals surface area contributed by atoms with Gasteiger partial charge in [-0.15, -0.1) is 0 Å². The Morgan fingerprint density at radius 1 is 0.943 bits per heavy atom. The van der Waals surface area contributed by atoms with Crippen LogP contribution < -0.4 is 10.5 Å². The number of hydrogen-bond donors (Lipinski definition) is 2. The maximum Gasteiger partial charge on any atom is 0.268 e. The van der Waals surface area contributed by atoms with Gasteiger partial charge in [0.1, 0.15) is 11.4 Å². The van der Waals surface area contributed by atoms with Crippen LogP contribution in [0.4, 0.5) is 0 Å². The first kappa shape index (κ1) is 24.2. The molecule has 0 saturated carbocycles. The summed E-state index contributed by atoms with van der Waals surface area (Å²) >= 11 is 0. The van der Waals surface area contributed by atoms with Gasteiger partial charge in [-0.25, -0.2) is 4.98 Å². The topological polar surface area (TPSA) is 90.4 Å². The number of para-hydroxylation sites is 1. The first-order chi connectivity index (χ1) is 17.1. The largest absolute Gasteiger partial charge is 0.493 e. The van der Waals surface area contributed by atoms with Gasteiger partial charge >= 0.3 is 0 Å². The predicted octanol–water partition coefficient (Wildman–Crippen LogP) is 4.65. The number of primary amides is 1.